The molecule has 0 aliphatic carbocycles. The van der Waals surface area contributed by atoms with Crippen LogP contribution < -0.4 is 0 Å². The molecule has 0 radical (unpaired) electrons. The minimum absolute atomic E-state index is 0.00356. The number of benzene rings is 2. The molecule has 0 bridgehead atoms. The van der Waals surface area contributed by atoms with Crippen LogP contribution in [0.25, 0.3) is 0 Å². The summed E-state index contributed by atoms with van der Waals surface area (Å²) >= 11 is 0. The average Bonchev–Trinajstić information content (AvgIpc) is 3.08. The van der Waals surface area contributed by atoms with E-state index in [-0.39, 0.29) is 29.7 Å². The van der Waals surface area contributed by atoms with Gasteiger partial charge in [0.2, 0.25) is 5.91 Å². The standard InChI is InChI=1S/C22H23F2NO2/c1-16(26)25-14-2-13-22(25,15-18-5-10-20(24)11-6-18)21(27)12-7-17-3-8-19(23)9-4-17/h3-6,8-11H,2,7,12-15H2,1H3. The lowest BCUT2D eigenvalue weighted by Crippen LogP contribution is -2.54. The van der Waals surface area contributed by atoms with Crippen LogP contribution in [0.15, 0.2) is 48.5 Å². The molecular weight excluding hydrogens is 348 g/mol. The maximum atomic E-state index is 13.3. The van der Waals surface area contributed by atoms with Gasteiger partial charge < -0.3 is 4.90 Å². The van der Waals surface area contributed by atoms with Crippen molar-refractivity contribution in [1.82, 2.24) is 4.90 Å². The monoisotopic (exact) mass is 371 g/mol. The lowest BCUT2D eigenvalue weighted by molar-refractivity contribution is -0.142. The molecule has 2 aromatic rings. The van der Waals surface area contributed by atoms with Gasteiger partial charge in [0.25, 0.3) is 0 Å². The zero-order chi connectivity index (χ0) is 19.4. The molecule has 3 rings (SSSR count). The molecule has 2 aromatic carbocycles. The number of aryl methyl sites for hydroxylation is 1. The quantitative estimate of drug-likeness (QED) is 0.767. The Morgan fingerprint density at radius 2 is 1.52 bits per heavy atom. The number of hydrogen-bond acceptors (Lipinski definition) is 2. The molecule has 1 amide bonds. The Kier molecular flexibility index (Phi) is 5.68. The van der Waals surface area contributed by atoms with Crippen molar-refractivity contribution in [2.45, 2.75) is 44.6 Å². The van der Waals surface area contributed by atoms with E-state index in [4.69, 9.17) is 0 Å². The van der Waals surface area contributed by atoms with Crippen LogP contribution >= 0.6 is 0 Å². The second-order valence-corrected chi connectivity index (χ2v) is 7.16. The van der Waals surface area contributed by atoms with Crippen molar-refractivity contribution in [3.05, 3.63) is 71.3 Å². The maximum absolute atomic E-state index is 13.3. The third-order valence-electron chi connectivity index (χ3n) is 5.35. The number of likely N-dealkylation sites (tertiary alicyclic amines) is 1. The molecule has 1 fully saturated rings. The molecule has 1 aliphatic rings. The molecule has 0 N–H and O–H groups in total. The normalized spacial score (nSPS) is 19.3. The minimum Gasteiger partial charge on any atom is -0.330 e. The average molecular weight is 371 g/mol. The summed E-state index contributed by atoms with van der Waals surface area (Å²) in [5, 5.41) is 0. The molecular formula is C22H23F2NO2. The molecule has 142 valence electrons. The Labute approximate surface area is 158 Å². The van der Waals surface area contributed by atoms with Crippen molar-refractivity contribution in [1.29, 1.82) is 0 Å². The van der Waals surface area contributed by atoms with Gasteiger partial charge in [0.05, 0.1) is 0 Å². The van der Waals surface area contributed by atoms with Gasteiger partial charge in [-0.25, -0.2) is 8.78 Å². The van der Waals surface area contributed by atoms with Gasteiger partial charge >= 0.3 is 0 Å². The second kappa shape index (κ2) is 7.99. The zero-order valence-corrected chi connectivity index (χ0v) is 15.4. The van der Waals surface area contributed by atoms with Crippen molar-refractivity contribution >= 4 is 11.7 Å². The second-order valence-electron chi connectivity index (χ2n) is 7.16. The lowest BCUT2D eigenvalue weighted by atomic mass is 9.81. The van der Waals surface area contributed by atoms with Crippen LogP contribution in [-0.4, -0.2) is 28.7 Å². The van der Waals surface area contributed by atoms with Crippen molar-refractivity contribution in [3.63, 3.8) is 0 Å². The van der Waals surface area contributed by atoms with Gasteiger partial charge in [-0.15, -0.1) is 0 Å². The molecule has 1 saturated heterocycles. The molecule has 3 nitrogen and oxygen atoms in total. The van der Waals surface area contributed by atoms with E-state index in [0.29, 0.717) is 25.8 Å². The molecule has 5 heteroatoms. The highest BCUT2D eigenvalue weighted by molar-refractivity contribution is 5.93. The Morgan fingerprint density at radius 3 is 2.07 bits per heavy atom. The zero-order valence-electron chi connectivity index (χ0n) is 15.4. The van der Waals surface area contributed by atoms with Crippen LogP contribution in [-0.2, 0) is 22.4 Å². The lowest BCUT2D eigenvalue weighted by Gasteiger charge is -2.37. The Bertz CT molecular complexity index is 817. The number of carbonyl (C=O) groups excluding carboxylic acids is 2. The van der Waals surface area contributed by atoms with Gasteiger partial charge in [-0.05, 0) is 54.7 Å². The minimum atomic E-state index is -0.885. The van der Waals surface area contributed by atoms with Crippen LogP contribution in [0.1, 0.15) is 37.3 Å². The predicted molar refractivity (Wildman–Crippen MR) is 99.2 cm³/mol. The Hall–Kier alpha value is -2.56. The van der Waals surface area contributed by atoms with E-state index in [1.165, 1.54) is 31.2 Å². The van der Waals surface area contributed by atoms with Crippen LogP contribution in [0, 0.1) is 11.6 Å². The summed E-state index contributed by atoms with van der Waals surface area (Å²) in [5.74, 6) is -0.754. The van der Waals surface area contributed by atoms with Gasteiger partial charge in [-0.2, -0.15) is 0 Å². The van der Waals surface area contributed by atoms with E-state index >= 15 is 0 Å². The van der Waals surface area contributed by atoms with Crippen molar-refractivity contribution in [3.8, 4) is 0 Å². The van der Waals surface area contributed by atoms with Gasteiger partial charge in [-0.3, -0.25) is 9.59 Å². The number of hydrogen-bond donors (Lipinski definition) is 0. The van der Waals surface area contributed by atoms with Gasteiger partial charge in [0.1, 0.15) is 17.2 Å². The summed E-state index contributed by atoms with van der Waals surface area (Å²) in [6.07, 6.45) is 2.52. The van der Waals surface area contributed by atoms with Crippen LogP contribution in [0.5, 0.6) is 0 Å². The van der Waals surface area contributed by atoms with E-state index in [1.54, 1.807) is 29.2 Å². The van der Waals surface area contributed by atoms with Crippen molar-refractivity contribution < 1.29 is 18.4 Å². The van der Waals surface area contributed by atoms with Gasteiger partial charge in [0, 0.05) is 26.3 Å². The number of ketones is 1. The molecule has 27 heavy (non-hydrogen) atoms. The van der Waals surface area contributed by atoms with Crippen LogP contribution in [0.3, 0.4) is 0 Å². The Morgan fingerprint density at radius 1 is 0.963 bits per heavy atom. The van der Waals surface area contributed by atoms with E-state index in [0.717, 1.165) is 17.5 Å². The molecule has 1 aliphatic heterocycles. The number of halogens is 2. The first-order valence-corrected chi connectivity index (χ1v) is 9.21. The number of Topliss-reactive ketones (excluding diaryl/α,β-unsaturated/α-hetero) is 1. The summed E-state index contributed by atoms with van der Waals surface area (Å²) in [5.41, 5.74) is 0.831. The highest BCUT2D eigenvalue weighted by atomic mass is 19.1. The van der Waals surface area contributed by atoms with Crippen molar-refractivity contribution in [2.75, 3.05) is 6.54 Å². The van der Waals surface area contributed by atoms with Gasteiger partial charge in [0.15, 0.2) is 5.78 Å². The summed E-state index contributed by atoms with van der Waals surface area (Å²) in [4.78, 5) is 27.1. The number of amides is 1. The summed E-state index contributed by atoms with van der Waals surface area (Å²) < 4.78 is 26.3. The third kappa shape index (κ3) is 4.24. The highest BCUT2D eigenvalue weighted by Gasteiger charge is 2.47. The molecule has 0 saturated carbocycles. The fourth-order valence-corrected chi connectivity index (χ4v) is 3.99. The SMILES string of the molecule is CC(=O)N1CCCC1(Cc1ccc(F)cc1)C(=O)CCc1ccc(F)cc1. The third-order valence-corrected chi connectivity index (χ3v) is 5.35. The smallest absolute Gasteiger partial charge is 0.220 e. The molecule has 1 unspecified atom stereocenters. The number of nitrogens with zero attached hydrogens (tertiary/aromatic N) is 1. The molecule has 1 atom stereocenters. The van der Waals surface area contributed by atoms with Gasteiger partial charge in [-0.1, -0.05) is 24.3 Å². The molecule has 0 spiro atoms. The van der Waals surface area contributed by atoms with E-state index in [2.05, 4.69) is 0 Å². The van der Waals surface area contributed by atoms with E-state index in [9.17, 15) is 18.4 Å². The van der Waals surface area contributed by atoms with Crippen molar-refractivity contribution in [2.24, 2.45) is 0 Å². The molecule has 0 aromatic heterocycles. The summed E-state index contributed by atoms with van der Waals surface area (Å²) in [6.45, 7) is 2.04. The number of rotatable bonds is 6. The Balaban J connectivity index is 1.82. The summed E-state index contributed by atoms with van der Waals surface area (Å²) in [6, 6.07) is 12.2. The van der Waals surface area contributed by atoms with E-state index < -0.39 is 5.54 Å². The largest absolute Gasteiger partial charge is 0.330 e. The first kappa shape index (κ1) is 19.2. The van der Waals surface area contributed by atoms with Crippen LogP contribution in [0.4, 0.5) is 8.78 Å². The maximum Gasteiger partial charge on any atom is 0.220 e. The first-order chi connectivity index (χ1) is 12.9. The fraction of sp³-hybridized carbons (Fsp3) is 0.364. The topological polar surface area (TPSA) is 37.4 Å². The molecule has 1 heterocycles. The van der Waals surface area contributed by atoms with Crippen LogP contribution in [0.2, 0.25) is 0 Å². The van der Waals surface area contributed by atoms with E-state index in [1.807, 2.05) is 0 Å². The highest BCUT2D eigenvalue weighted by Crippen LogP contribution is 2.35. The first-order valence-electron chi connectivity index (χ1n) is 9.21. The summed E-state index contributed by atoms with van der Waals surface area (Å²) in [7, 11) is 0. The fourth-order valence-electron chi connectivity index (χ4n) is 3.99. The predicted octanol–water partition coefficient (Wildman–Crippen LogP) is 4.09. The number of carbonyl (C=O) groups is 2.